The predicted octanol–water partition coefficient (Wildman–Crippen LogP) is 2.64. The van der Waals surface area contributed by atoms with E-state index in [-0.39, 0.29) is 12.1 Å². The van der Waals surface area contributed by atoms with E-state index in [0.29, 0.717) is 0 Å². The van der Waals surface area contributed by atoms with Gasteiger partial charge in [0.2, 0.25) is 0 Å². The molecule has 3 heteroatoms. The molecular weight excluding hydrogens is 226 g/mol. The molecule has 0 spiro atoms. The lowest BCUT2D eigenvalue weighted by molar-refractivity contribution is -0.191. The van der Waals surface area contributed by atoms with Crippen LogP contribution in [0.2, 0.25) is 0 Å². The first-order chi connectivity index (χ1) is 8.73. The average Bonchev–Trinajstić information content (AvgIpc) is 2.45. The maximum Gasteiger partial charge on any atom is 0.321 e. The fourth-order valence-electron chi connectivity index (χ4n) is 2.34. The number of esters is 1. The zero-order valence-electron chi connectivity index (χ0n) is 10.0. The molecule has 3 rings (SSSR count). The van der Waals surface area contributed by atoms with Crippen LogP contribution in [0.15, 0.2) is 54.7 Å². The smallest absolute Gasteiger partial charge is 0.321 e. The van der Waals surface area contributed by atoms with Crippen molar-refractivity contribution < 1.29 is 9.53 Å². The standard InChI is InChI=1S/C15H13NO2/c1-15(11-7-3-2-4-8-11)13(18-14(15)17)12-9-5-6-10-16-12/h2-10,13H,1H3/t13-,15-/m0/s1. The highest BCUT2D eigenvalue weighted by molar-refractivity contribution is 5.89. The summed E-state index contributed by atoms with van der Waals surface area (Å²) in [7, 11) is 0. The highest BCUT2D eigenvalue weighted by atomic mass is 16.6. The summed E-state index contributed by atoms with van der Waals surface area (Å²) in [4.78, 5) is 16.2. The molecule has 90 valence electrons. The number of hydrogen-bond donors (Lipinski definition) is 0. The SMILES string of the molecule is C[C@@]1(c2ccccc2)C(=O)O[C@H]1c1ccccn1. The largest absolute Gasteiger partial charge is 0.453 e. The van der Waals surface area contributed by atoms with E-state index in [4.69, 9.17) is 4.74 Å². The molecule has 1 aliphatic rings. The molecule has 0 bridgehead atoms. The van der Waals surface area contributed by atoms with E-state index < -0.39 is 5.41 Å². The number of pyridine rings is 1. The molecule has 2 aromatic rings. The number of rotatable bonds is 2. The number of hydrogen-bond acceptors (Lipinski definition) is 3. The minimum absolute atomic E-state index is 0.190. The van der Waals surface area contributed by atoms with E-state index in [1.807, 2.05) is 55.5 Å². The van der Waals surface area contributed by atoms with Crippen LogP contribution < -0.4 is 0 Å². The molecular formula is C15H13NO2. The van der Waals surface area contributed by atoms with Gasteiger partial charge in [0.15, 0.2) is 6.10 Å². The molecule has 0 aliphatic carbocycles. The Labute approximate surface area is 105 Å². The van der Waals surface area contributed by atoms with Gasteiger partial charge in [-0.05, 0) is 24.6 Å². The topological polar surface area (TPSA) is 39.2 Å². The predicted molar refractivity (Wildman–Crippen MR) is 66.9 cm³/mol. The quantitative estimate of drug-likeness (QED) is 0.756. The average molecular weight is 239 g/mol. The van der Waals surface area contributed by atoms with E-state index in [2.05, 4.69) is 4.98 Å². The van der Waals surface area contributed by atoms with E-state index in [1.165, 1.54) is 0 Å². The molecule has 2 atom stereocenters. The maximum absolute atomic E-state index is 11.9. The number of ether oxygens (including phenoxy) is 1. The highest BCUT2D eigenvalue weighted by Crippen LogP contribution is 2.48. The van der Waals surface area contributed by atoms with Crippen LogP contribution in [-0.4, -0.2) is 11.0 Å². The number of carbonyl (C=O) groups is 1. The zero-order valence-corrected chi connectivity index (χ0v) is 10.0. The second kappa shape index (κ2) is 3.95. The van der Waals surface area contributed by atoms with Crippen molar-refractivity contribution in [3.05, 3.63) is 66.0 Å². The summed E-state index contributed by atoms with van der Waals surface area (Å²) in [5, 5.41) is 0. The van der Waals surface area contributed by atoms with Gasteiger partial charge in [0.1, 0.15) is 5.41 Å². The lowest BCUT2D eigenvalue weighted by atomic mass is 9.72. The summed E-state index contributed by atoms with van der Waals surface area (Å²) in [6.07, 6.45) is 1.42. The van der Waals surface area contributed by atoms with Crippen LogP contribution in [0.1, 0.15) is 24.3 Å². The van der Waals surface area contributed by atoms with Crippen molar-refractivity contribution >= 4 is 5.97 Å². The van der Waals surface area contributed by atoms with Crippen LogP contribution >= 0.6 is 0 Å². The maximum atomic E-state index is 11.9. The second-order valence-corrected chi connectivity index (χ2v) is 4.61. The molecule has 3 nitrogen and oxygen atoms in total. The molecule has 18 heavy (non-hydrogen) atoms. The van der Waals surface area contributed by atoms with Gasteiger partial charge in [-0.1, -0.05) is 36.4 Å². The molecule has 1 aromatic carbocycles. The summed E-state index contributed by atoms with van der Waals surface area (Å²) in [5.74, 6) is -0.190. The first-order valence-electron chi connectivity index (χ1n) is 5.90. The van der Waals surface area contributed by atoms with E-state index in [9.17, 15) is 4.79 Å². The minimum Gasteiger partial charge on any atom is -0.453 e. The van der Waals surface area contributed by atoms with Gasteiger partial charge in [-0.3, -0.25) is 9.78 Å². The van der Waals surface area contributed by atoms with Crippen LogP contribution in [0.4, 0.5) is 0 Å². The van der Waals surface area contributed by atoms with Crippen molar-refractivity contribution in [3.63, 3.8) is 0 Å². The zero-order chi connectivity index (χ0) is 12.6. The molecule has 0 radical (unpaired) electrons. The monoisotopic (exact) mass is 239 g/mol. The normalized spacial score (nSPS) is 26.3. The highest BCUT2D eigenvalue weighted by Gasteiger charge is 2.56. The molecule has 1 aliphatic heterocycles. The number of benzene rings is 1. The third-order valence-corrected chi connectivity index (χ3v) is 3.50. The Morgan fingerprint density at radius 1 is 1.11 bits per heavy atom. The van der Waals surface area contributed by atoms with E-state index >= 15 is 0 Å². The molecule has 1 aromatic heterocycles. The number of cyclic esters (lactones) is 1. The Morgan fingerprint density at radius 3 is 2.44 bits per heavy atom. The third kappa shape index (κ3) is 1.44. The number of nitrogens with zero attached hydrogens (tertiary/aromatic N) is 1. The van der Waals surface area contributed by atoms with Gasteiger partial charge in [0, 0.05) is 6.20 Å². The fraction of sp³-hybridized carbons (Fsp3) is 0.200. The first-order valence-corrected chi connectivity index (χ1v) is 5.90. The van der Waals surface area contributed by atoms with Gasteiger partial charge in [-0.2, -0.15) is 0 Å². The van der Waals surface area contributed by atoms with Crippen LogP contribution in [0.5, 0.6) is 0 Å². The van der Waals surface area contributed by atoms with Crippen LogP contribution in [-0.2, 0) is 14.9 Å². The first kappa shape index (κ1) is 11.0. The van der Waals surface area contributed by atoms with Crippen molar-refractivity contribution in [2.75, 3.05) is 0 Å². The second-order valence-electron chi connectivity index (χ2n) is 4.61. The summed E-state index contributed by atoms with van der Waals surface area (Å²) in [5.41, 5.74) is 1.13. The lowest BCUT2D eigenvalue weighted by Crippen LogP contribution is -2.52. The number of aromatic nitrogens is 1. The minimum atomic E-state index is -0.629. The molecule has 0 unspecified atom stereocenters. The fourth-order valence-corrected chi connectivity index (χ4v) is 2.34. The Morgan fingerprint density at radius 2 is 1.83 bits per heavy atom. The van der Waals surface area contributed by atoms with Gasteiger partial charge in [0.25, 0.3) is 0 Å². The Kier molecular flexibility index (Phi) is 2.40. The summed E-state index contributed by atoms with van der Waals surface area (Å²) in [6.45, 7) is 1.91. The van der Waals surface area contributed by atoms with Gasteiger partial charge in [-0.25, -0.2) is 0 Å². The van der Waals surface area contributed by atoms with Gasteiger partial charge in [-0.15, -0.1) is 0 Å². The van der Waals surface area contributed by atoms with Crippen molar-refractivity contribution in [2.45, 2.75) is 18.4 Å². The molecule has 1 saturated heterocycles. The molecule has 0 amide bonds. The van der Waals surface area contributed by atoms with Gasteiger partial charge < -0.3 is 4.74 Å². The van der Waals surface area contributed by atoms with Crippen LogP contribution in [0.3, 0.4) is 0 Å². The van der Waals surface area contributed by atoms with Crippen LogP contribution in [0, 0.1) is 0 Å². The van der Waals surface area contributed by atoms with Crippen molar-refractivity contribution in [2.24, 2.45) is 0 Å². The van der Waals surface area contributed by atoms with Gasteiger partial charge in [0.05, 0.1) is 5.69 Å². The third-order valence-electron chi connectivity index (χ3n) is 3.50. The van der Waals surface area contributed by atoms with Crippen molar-refractivity contribution in [3.8, 4) is 0 Å². The lowest BCUT2D eigenvalue weighted by Gasteiger charge is -2.44. The Hall–Kier alpha value is -2.16. The molecule has 0 N–H and O–H groups in total. The molecule has 0 saturated carbocycles. The van der Waals surface area contributed by atoms with Crippen molar-refractivity contribution in [1.82, 2.24) is 4.98 Å². The van der Waals surface area contributed by atoms with Crippen molar-refractivity contribution in [1.29, 1.82) is 0 Å². The van der Waals surface area contributed by atoms with E-state index in [1.54, 1.807) is 6.20 Å². The Bertz CT molecular complexity index is 568. The molecule has 2 heterocycles. The Balaban J connectivity index is 2.02. The molecule has 1 fully saturated rings. The summed E-state index contributed by atoms with van der Waals surface area (Å²) in [6, 6.07) is 15.4. The number of carbonyl (C=O) groups excluding carboxylic acids is 1. The van der Waals surface area contributed by atoms with E-state index in [0.717, 1.165) is 11.3 Å². The summed E-state index contributed by atoms with van der Waals surface area (Å²) < 4.78 is 5.29. The van der Waals surface area contributed by atoms with Crippen LogP contribution in [0.25, 0.3) is 0 Å². The summed E-state index contributed by atoms with van der Waals surface area (Å²) >= 11 is 0. The van der Waals surface area contributed by atoms with Gasteiger partial charge >= 0.3 is 5.97 Å².